The van der Waals surface area contributed by atoms with Crippen molar-refractivity contribution in [1.82, 2.24) is 14.9 Å². The van der Waals surface area contributed by atoms with E-state index in [0.29, 0.717) is 0 Å². The van der Waals surface area contributed by atoms with Crippen LogP contribution >= 0.6 is 0 Å². The minimum Gasteiger partial charge on any atom is -0.348 e. The maximum atomic E-state index is 4.30. The first-order valence-electron chi connectivity index (χ1n) is 4.63. The van der Waals surface area contributed by atoms with Gasteiger partial charge in [-0.15, -0.1) is 0 Å². The van der Waals surface area contributed by atoms with Crippen LogP contribution in [0.4, 0.5) is 0 Å². The molecule has 0 aromatic carbocycles. The van der Waals surface area contributed by atoms with Crippen LogP contribution in [0.2, 0.25) is 0 Å². The largest absolute Gasteiger partial charge is 0.348 e. The standard InChI is InChI=1S/C9H15N3.H2/c1-2-12-5-3-8-9(4-6-12)11-7-10-8;/h7H,2-6H2,1H3,(H,10,11);1H. The molecule has 2 heterocycles. The van der Waals surface area contributed by atoms with Gasteiger partial charge in [0.1, 0.15) is 0 Å². The van der Waals surface area contributed by atoms with Crippen molar-refractivity contribution in [3.05, 3.63) is 17.7 Å². The fourth-order valence-corrected chi connectivity index (χ4v) is 1.74. The van der Waals surface area contributed by atoms with Crippen molar-refractivity contribution >= 4 is 0 Å². The summed E-state index contributed by atoms with van der Waals surface area (Å²) < 4.78 is 0. The molecule has 0 atom stereocenters. The first-order valence-corrected chi connectivity index (χ1v) is 4.63. The molecular formula is C9H17N3. The summed E-state index contributed by atoms with van der Waals surface area (Å²) in [5, 5.41) is 0. The number of imidazole rings is 1. The predicted molar refractivity (Wildman–Crippen MR) is 50.2 cm³/mol. The Labute approximate surface area is 74.3 Å². The summed E-state index contributed by atoms with van der Waals surface area (Å²) in [6, 6.07) is 0. The molecule has 0 bridgehead atoms. The van der Waals surface area contributed by atoms with E-state index in [1.165, 1.54) is 17.9 Å². The molecule has 0 amide bonds. The Hall–Kier alpha value is -0.830. The zero-order valence-corrected chi connectivity index (χ0v) is 7.51. The van der Waals surface area contributed by atoms with Gasteiger partial charge >= 0.3 is 0 Å². The molecule has 0 saturated carbocycles. The summed E-state index contributed by atoms with van der Waals surface area (Å²) in [6.45, 7) is 5.71. The van der Waals surface area contributed by atoms with Crippen molar-refractivity contribution in [2.24, 2.45) is 0 Å². The quantitative estimate of drug-likeness (QED) is 0.678. The monoisotopic (exact) mass is 167 g/mol. The molecule has 0 saturated heterocycles. The zero-order valence-electron chi connectivity index (χ0n) is 7.51. The Morgan fingerprint density at radius 3 is 3.25 bits per heavy atom. The third kappa shape index (κ3) is 1.37. The van der Waals surface area contributed by atoms with Crippen LogP contribution in [0, 0.1) is 0 Å². The second-order valence-corrected chi connectivity index (χ2v) is 3.26. The van der Waals surface area contributed by atoms with Gasteiger partial charge in [0, 0.05) is 33.1 Å². The van der Waals surface area contributed by atoms with Crippen molar-refractivity contribution in [1.29, 1.82) is 0 Å². The molecule has 2 rings (SSSR count). The molecule has 1 N–H and O–H groups in total. The first kappa shape index (κ1) is 7.80. The van der Waals surface area contributed by atoms with Gasteiger partial charge in [0.05, 0.1) is 12.0 Å². The fraction of sp³-hybridized carbons (Fsp3) is 0.667. The third-order valence-electron chi connectivity index (χ3n) is 2.60. The van der Waals surface area contributed by atoms with Crippen LogP contribution < -0.4 is 0 Å². The molecule has 3 heteroatoms. The average Bonchev–Trinajstić information content (AvgIpc) is 2.46. The van der Waals surface area contributed by atoms with E-state index in [-0.39, 0.29) is 1.43 Å². The average molecular weight is 167 g/mol. The van der Waals surface area contributed by atoms with Gasteiger partial charge in [0.25, 0.3) is 0 Å². The highest BCUT2D eigenvalue weighted by molar-refractivity contribution is 5.13. The Balaban J connectivity index is 0.000000845. The summed E-state index contributed by atoms with van der Waals surface area (Å²) in [6.07, 6.45) is 4.04. The molecule has 12 heavy (non-hydrogen) atoms. The van der Waals surface area contributed by atoms with E-state index in [4.69, 9.17) is 0 Å². The summed E-state index contributed by atoms with van der Waals surface area (Å²) in [4.78, 5) is 9.98. The van der Waals surface area contributed by atoms with Gasteiger partial charge in [-0.05, 0) is 6.54 Å². The number of aromatic amines is 1. The number of fused-ring (bicyclic) bond motifs is 1. The van der Waals surface area contributed by atoms with Gasteiger partial charge < -0.3 is 9.88 Å². The van der Waals surface area contributed by atoms with Crippen molar-refractivity contribution in [2.45, 2.75) is 19.8 Å². The summed E-state index contributed by atoms with van der Waals surface area (Å²) in [5.74, 6) is 0. The molecule has 1 aromatic heterocycles. The van der Waals surface area contributed by atoms with Crippen LogP contribution in [0.3, 0.4) is 0 Å². The molecule has 0 unspecified atom stereocenters. The van der Waals surface area contributed by atoms with Crippen molar-refractivity contribution in [3.63, 3.8) is 0 Å². The summed E-state index contributed by atoms with van der Waals surface area (Å²) >= 11 is 0. The highest BCUT2D eigenvalue weighted by atomic mass is 15.1. The summed E-state index contributed by atoms with van der Waals surface area (Å²) in [5.41, 5.74) is 2.61. The lowest BCUT2D eigenvalue weighted by atomic mass is 10.2. The van der Waals surface area contributed by atoms with Gasteiger partial charge in [0.15, 0.2) is 0 Å². The SMILES string of the molecule is CCN1CCc2nc[nH]c2CC1.[HH]. The van der Waals surface area contributed by atoms with Gasteiger partial charge in [-0.3, -0.25) is 0 Å². The lowest BCUT2D eigenvalue weighted by molar-refractivity contribution is 0.302. The number of nitrogens with one attached hydrogen (secondary N) is 1. The number of H-pyrrole nitrogens is 1. The third-order valence-corrected chi connectivity index (χ3v) is 2.60. The molecule has 1 aliphatic heterocycles. The van der Waals surface area contributed by atoms with E-state index < -0.39 is 0 Å². The normalized spacial score (nSPS) is 18.8. The number of nitrogens with zero attached hydrogens (tertiary/aromatic N) is 2. The van der Waals surface area contributed by atoms with Gasteiger partial charge in [-0.1, -0.05) is 6.92 Å². The van der Waals surface area contributed by atoms with Crippen molar-refractivity contribution in [3.8, 4) is 0 Å². The van der Waals surface area contributed by atoms with E-state index in [2.05, 4.69) is 21.8 Å². The Kier molecular flexibility index (Phi) is 2.13. The Morgan fingerprint density at radius 2 is 2.42 bits per heavy atom. The molecule has 0 fully saturated rings. The van der Waals surface area contributed by atoms with Gasteiger partial charge in [-0.25, -0.2) is 4.98 Å². The fourth-order valence-electron chi connectivity index (χ4n) is 1.74. The Bertz CT molecular complexity index is 237. The van der Waals surface area contributed by atoms with E-state index >= 15 is 0 Å². The number of rotatable bonds is 1. The van der Waals surface area contributed by atoms with Gasteiger partial charge in [0.2, 0.25) is 0 Å². The zero-order chi connectivity index (χ0) is 8.39. The lowest BCUT2D eigenvalue weighted by Gasteiger charge is -2.16. The second-order valence-electron chi connectivity index (χ2n) is 3.26. The molecule has 0 aliphatic carbocycles. The number of aromatic nitrogens is 2. The van der Waals surface area contributed by atoms with Crippen LogP contribution in [-0.4, -0.2) is 34.5 Å². The van der Waals surface area contributed by atoms with E-state index in [9.17, 15) is 0 Å². The number of hydrogen-bond acceptors (Lipinski definition) is 2. The smallest absolute Gasteiger partial charge is 0.0925 e. The minimum absolute atomic E-state index is 0. The molecule has 68 valence electrons. The molecule has 1 aromatic rings. The predicted octanol–water partition coefficient (Wildman–Crippen LogP) is 1.08. The highest BCUT2D eigenvalue weighted by Crippen LogP contribution is 2.10. The lowest BCUT2D eigenvalue weighted by Crippen LogP contribution is -2.25. The molecule has 0 spiro atoms. The maximum absolute atomic E-state index is 4.30. The van der Waals surface area contributed by atoms with Crippen molar-refractivity contribution in [2.75, 3.05) is 19.6 Å². The molecule has 3 nitrogen and oxygen atoms in total. The topological polar surface area (TPSA) is 31.9 Å². The molecule has 0 radical (unpaired) electrons. The number of likely N-dealkylation sites (N-methyl/N-ethyl adjacent to an activating group) is 1. The van der Waals surface area contributed by atoms with E-state index in [1.807, 2.05) is 6.33 Å². The minimum atomic E-state index is 0. The highest BCUT2D eigenvalue weighted by Gasteiger charge is 2.13. The molecule has 1 aliphatic rings. The van der Waals surface area contributed by atoms with Crippen LogP contribution in [0.15, 0.2) is 6.33 Å². The van der Waals surface area contributed by atoms with Crippen molar-refractivity contribution < 1.29 is 1.43 Å². The van der Waals surface area contributed by atoms with Crippen LogP contribution in [0.25, 0.3) is 0 Å². The van der Waals surface area contributed by atoms with Crippen LogP contribution in [0.1, 0.15) is 19.7 Å². The van der Waals surface area contributed by atoms with Gasteiger partial charge in [-0.2, -0.15) is 0 Å². The van der Waals surface area contributed by atoms with Crippen LogP contribution in [0.5, 0.6) is 0 Å². The summed E-state index contributed by atoms with van der Waals surface area (Å²) in [7, 11) is 0. The number of hydrogen-bond donors (Lipinski definition) is 1. The second kappa shape index (κ2) is 3.27. The first-order chi connectivity index (χ1) is 5.90. The van der Waals surface area contributed by atoms with Crippen LogP contribution in [-0.2, 0) is 12.8 Å². The van der Waals surface area contributed by atoms with E-state index in [0.717, 1.165) is 25.9 Å². The molecular weight excluding hydrogens is 150 g/mol. The Morgan fingerprint density at radius 1 is 1.58 bits per heavy atom. The maximum Gasteiger partial charge on any atom is 0.0925 e. The van der Waals surface area contributed by atoms with E-state index in [1.54, 1.807) is 0 Å².